The van der Waals surface area contributed by atoms with E-state index in [-0.39, 0.29) is 5.91 Å². The lowest BCUT2D eigenvalue weighted by Crippen LogP contribution is -2.53. The third kappa shape index (κ3) is 7.29. The molecule has 1 saturated heterocycles. The molecule has 0 aromatic heterocycles. The number of likely N-dealkylation sites (tertiary alicyclic amines) is 1. The minimum Gasteiger partial charge on any atom is -0.480 e. The first-order valence-electron chi connectivity index (χ1n) is 9.60. The fourth-order valence-corrected chi connectivity index (χ4v) is 3.39. The zero-order valence-electron chi connectivity index (χ0n) is 15.7. The number of nitrogens with two attached hydrogens (primary N) is 1. The van der Waals surface area contributed by atoms with Gasteiger partial charge in [-0.1, -0.05) is 32.1 Å². The molecule has 0 aliphatic carbocycles. The van der Waals surface area contributed by atoms with Crippen LogP contribution in [0.25, 0.3) is 0 Å². The SMILES string of the molecule is C[C@H](NC(CCCCCCCCN)C(=O)O)C(=O)N1CCC[C@H]1C(=O)O. The molecule has 1 aliphatic heterocycles. The van der Waals surface area contributed by atoms with Crippen LogP contribution in [0.5, 0.6) is 0 Å². The van der Waals surface area contributed by atoms with Crippen molar-refractivity contribution in [1.29, 1.82) is 0 Å². The van der Waals surface area contributed by atoms with E-state index in [2.05, 4.69) is 5.32 Å². The molecule has 0 spiro atoms. The Labute approximate surface area is 155 Å². The van der Waals surface area contributed by atoms with Crippen molar-refractivity contribution in [1.82, 2.24) is 10.2 Å². The van der Waals surface area contributed by atoms with Gasteiger partial charge in [0.15, 0.2) is 0 Å². The van der Waals surface area contributed by atoms with Crippen molar-refractivity contribution in [2.45, 2.75) is 82.8 Å². The summed E-state index contributed by atoms with van der Waals surface area (Å²) in [7, 11) is 0. The second kappa shape index (κ2) is 11.9. The first-order valence-corrected chi connectivity index (χ1v) is 9.60. The fourth-order valence-electron chi connectivity index (χ4n) is 3.39. The van der Waals surface area contributed by atoms with Crippen molar-refractivity contribution in [3.63, 3.8) is 0 Å². The first-order chi connectivity index (χ1) is 12.4. The van der Waals surface area contributed by atoms with Crippen LogP contribution in [0.4, 0.5) is 0 Å². The average Bonchev–Trinajstić information content (AvgIpc) is 3.08. The molecule has 0 radical (unpaired) electrons. The van der Waals surface area contributed by atoms with E-state index in [4.69, 9.17) is 5.73 Å². The van der Waals surface area contributed by atoms with Crippen LogP contribution in [0.15, 0.2) is 0 Å². The minimum atomic E-state index is -1.01. The summed E-state index contributed by atoms with van der Waals surface area (Å²) < 4.78 is 0. The third-order valence-electron chi connectivity index (χ3n) is 4.89. The molecule has 0 saturated carbocycles. The minimum absolute atomic E-state index is 0.345. The monoisotopic (exact) mass is 371 g/mol. The molecule has 1 fully saturated rings. The average molecular weight is 371 g/mol. The summed E-state index contributed by atoms with van der Waals surface area (Å²) in [6.45, 7) is 2.71. The number of unbranched alkanes of at least 4 members (excludes halogenated alkanes) is 5. The van der Waals surface area contributed by atoms with Crippen LogP contribution >= 0.6 is 0 Å². The van der Waals surface area contributed by atoms with Gasteiger partial charge in [0.05, 0.1) is 6.04 Å². The van der Waals surface area contributed by atoms with E-state index >= 15 is 0 Å². The van der Waals surface area contributed by atoms with E-state index in [0.717, 1.165) is 38.5 Å². The van der Waals surface area contributed by atoms with Gasteiger partial charge in [0, 0.05) is 6.54 Å². The number of carbonyl (C=O) groups excluding carboxylic acids is 1. The van der Waals surface area contributed by atoms with Crippen molar-refractivity contribution in [2.24, 2.45) is 5.73 Å². The number of carbonyl (C=O) groups is 3. The molecule has 5 N–H and O–H groups in total. The van der Waals surface area contributed by atoms with E-state index in [1.807, 2.05) is 0 Å². The van der Waals surface area contributed by atoms with Gasteiger partial charge in [0.2, 0.25) is 5.91 Å². The van der Waals surface area contributed by atoms with Crippen LogP contribution in [0, 0.1) is 0 Å². The van der Waals surface area contributed by atoms with Crippen LogP contribution in [-0.4, -0.2) is 64.2 Å². The number of hydrogen-bond donors (Lipinski definition) is 4. The molecule has 1 unspecified atom stereocenters. The summed E-state index contributed by atoms with van der Waals surface area (Å²) in [4.78, 5) is 36.5. The molecule has 26 heavy (non-hydrogen) atoms. The molecular formula is C18H33N3O5. The number of nitrogens with zero attached hydrogens (tertiary/aromatic N) is 1. The quantitative estimate of drug-likeness (QED) is 0.357. The number of carboxylic acids is 2. The third-order valence-corrected chi connectivity index (χ3v) is 4.89. The van der Waals surface area contributed by atoms with Gasteiger partial charge in [-0.2, -0.15) is 0 Å². The maximum Gasteiger partial charge on any atom is 0.326 e. The smallest absolute Gasteiger partial charge is 0.326 e. The Bertz CT molecular complexity index is 472. The van der Waals surface area contributed by atoms with Gasteiger partial charge < -0.3 is 20.8 Å². The van der Waals surface area contributed by atoms with Crippen LogP contribution in [-0.2, 0) is 14.4 Å². The Balaban J connectivity index is 2.41. The van der Waals surface area contributed by atoms with Crippen LogP contribution in [0.3, 0.4) is 0 Å². The Morgan fingerprint density at radius 3 is 2.31 bits per heavy atom. The summed E-state index contributed by atoms with van der Waals surface area (Å²) in [6, 6.07) is -2.33. The number of amides is 1. The molecule has 8 nitrogen and oxygen atoms in total. The van der Waals surface area contributed by atoms with Crippen molar-refractivity contribution in [3.8, 4) is 0 Å². The van der Waals surface area contributed by atoms with E-state index < -0.39 is 30.1 Å². The first kappa shape index (κ1) is 22.4. The number of nitrogens with one attached hydrogen (secondary N) is 1. The van der Waals surface area contributed by atoms with Gasteiger partial charge in [-0.3, -0.25) is 14.9 Å². The zero-order chi connectivity index (χ0) is 19.5. The van der Waals surface area contributed by atoms with Gasteiger partial charge in [0.25, 0.3) is 0 Å². The molecule has 0 aromatic rings. The van der Waals surface area contributed by atoms with Gasteiger partial charge in [-0.15, -0.1) is 0 Å². The van der Waals surface area contributed by atoms with Crippen molar-refractivity contribution in [3.05, 3.63) is 0 Å². The molecule has 1 heterocycles. The van der Waals surface area contributed by atoms with Gasteiger partial charge in [-0.25, -0.2) is 4.79 Å². The fraction of sp³-hybridized carbons (Fsp3) is 0.833. The van der Waals surface area contributed by atoms with Crippen LogP contribution < -0.4 is 11.1 Å². The molecule has 8 heteroatoms. The molecule has 1 amide bonds. The highest BCUT2D eigenvalue weighted by Crippen LogP contribution is 2.19. The molecule has 3 atom stereocenters. The largest absolute Gasteiger partial charge is 0.480 e. The standard InChI is InChI=1S/C18H33N3O5/c1-13(16(22)21-12-8-10-15(21)18(25)26)20-14(17(23)24)9-6-4-2-3-5-7-11-19/h13-15,20H,2-12,19H2,1H3,(H,23,24)(H,25,26)/t13-,14?,15-/m0/s1. The molecular weight excluding hydrogens is 338 g/mol. The number of hydrogen-bond acceptors (Lipinski definition) is 5. The van der Waals surface area contributed by atoms with Gasteiger partial charge in [-0.05, 0) is 39.2 Å². The van der Waals surface area contributed by atoms with Crippen molar-refractivity contribution >= 4 is 17.8 Å². The Kier molecular flexibility index (Phi) is 10.2. The lowest BCUT2D eigenvalue weighted by atomic mass is 10.0. The number of carboxylic acid groups (broad SMARTS) is 2. The van der Waals surface area contributed by atoms with E-state index in [0.29, 0.717) is 32.4 Å². The number of aliphatic carboxylic acids is 2. The Morgan fingerprint density at radius 2 is 1.73 bits per heavy atom. The summed E-state index contributed by atoms with van der Waals surface area (Å²) in [5, 5.41) is 21.4. The highest BCUT2D eigenvalue weighted by molar-refractivity contribution is 5.88. The molecule has 150 valence electrons. The van der Waals surface area contributed by atoms with Crippen LogP contribution in [0.2, 0.25) is 0 Å². The van der Waals surface area contributed by atoms with Gasteiger partial charge >= 0.3 is 11.9 Å². The lowest BCUT2D eigenvalue weighted by molar-refractivity contribution is -0.149. The predicted molar refractivity (Wildman–Crippen MR) is 97.8 cm³/mol. The summed E-state index contributed by atoms with van der Waals surface area (Å²) in [6.07, 6.45) is 7.54. The normalized spacial score (nSPS) is 19.3. The van der Waals surface area contributed by atoms with E-state index in [9.17, 15) is 24.6 Å². The second-order valence-corrected chi connectivity index (χ2v) is 7.01. The maximum absolute atomic E-state index is 12.5. The van der Waals surface area contributed by atoms with Crippen LogP contribution in [0.1, 0.15) is 64.7 Å². The summed E-state index contributed by atoms with van der Waals surface area (Å²) in [5.74, 6) is -2.33. The maximum atomic E-state index is 12.5. The summed E-state index contributed by atoms with van der Waals surface area (Å²) in [5.41, 5.74) is 5.45. The molecule has 0 bridgehead atoms. The summed E-state index contributed by atoms with van der Waals surface area (Å²) >= 11 is 0. The lowest BCUT2D eigenvalue weighted by Gasteiger charge is -2.27. The van der Waals surface area contributed by atoms with Crippen molar-refractivity contribution in [2.75, 3.05) is 13.1 Å². The number of rotatable bonds is 13. The Hall–Kier alpha value is -1.67. The second-order valence-electron chi connectivity index (χ2n) is 7.01. The Morgan fingerprint density at radius 1 is 1.12 bits per heavy atom. The molecule has 1 rings (SSSR count). The van der Waals surface area contributed by atoms with Gasteiger partial charge in [0.1, 0.15) is 12.1 Å². The highest BCUT2D eigenvalue weighted by atomic mass is 16.4. The molecule has 1 aliphatic rings. The molecule has 0 aromatic carbocycles. The van der Waals surface area contributed by atoms with E-state index in [1.54, 1.807) is 6.92 Å². The topological polar surface area (TPSA) is 133 Å². The van der Waals surface area contributed by atoms with Crippen molar-refractivity contribution < 1.29 is 24.6 Å². The highest BCUT2D eigenvalue weighted by Gasteiger charge is 2.36. The van der Waals surface area contributed by atoms with E-state index in [1.165, 1.54) is 4.90 Å². The zero-order valence-corrected chi connectivity index (χ0v) is 15.7. The predicted octanol–water partition coefficient (Wildman–Crippen LogP) is 1.18.